The van der Waals surface area contributed by atoms with Crippen molar-refractivity contribution in [1.29, 1.82) is 0 Å². The van der Waals surface area contributed by atoms with Gasteiger partial charge in [-0.2, -0.15) is 4.31 Å². The fourth-order valence-corrected chi connectivity index (χ4v) is 5.95. The first-order valence-electron chi connectivity index (χ1n) is 11.0. The van der Waals surface area contributed by atoms with Gasteiger partial charge in [0.15, 0.2) is 0 Å². The third kappa shape index (κ3) is 5.03. The number of piperazine rings is 1. The Kier molecular flexibility index (Phi) is 6.75. The second kappa shape index (κ2) is 9.32. The van der Waals surface area contributed by atoms with Crippen LogP contribution in [-0.2, 0) is 14.8 Å². The molecule has 7 heteroatoms. The van der Waals surface area contributed by atoms with E-state index in [4.69, 9.17) is 4.74 Å². The molecule has 0 saturated carbocycles. The van der Waals surface area contributed by atoms with Crippen LogP contribution < -0.4 is 0 Å². The number of benzene rings is 2. The first-order chi connectivity index (χ1) is 14.4. The number of hydrogen-bond donors (Lipinski definition) is 0. The number of hydrogen-bond acceptors (Lipinski definition) is 5. The summed E-state index contributed by atoms with van der Waals surface area (Å²) in [7, 11) is -3.47. The van der Waals surface area contributed by atoms with E-state index in [2.05, 4.69) is 23.6 Å². The summed E-state index contributed by atoms with van der Waals surface area (Å²) in [4.78, 5) is 5.21. The summed E-state index contributed by atoms with van der Waals surface area (Å²) >= 11 is 0. The number of nitrogens with zero attached hydrogens (tertiary/aromatic N) is 3. The van der Waals surface area contributed by atoms with Gasteiger partial charge in [0.25, 0.3) is 0 Å². The predicted molar refractivity (Wildman–Crippen MR) is 120 cm³/mol. The van der Waals surface area contributed by atoms with Gasteiger partial charge in [0.2, 0.25) is 10.0 Å². The molecule has 0 N–H and O–H groups in total. The molecule has 30 heavy (non-hydrogen) atoms. The van der Waals surface area contributed by atoms with Crippen molar-refractivity contribution in [3.05, 3.63) is 42.5 Å². The minimum Gasteiger partial charge on any atom is -0.374 e. The zero-order valence-corrected chi connectivity index (χ0v) is 18.9. The van der Waals surface area contributed by atoms with Crippen molar-refractivity contribution in [1.82, 2.24) is 14.1 Å². The molecule has 1 atom stereocenters. The highest BCUT2D eigenvalue weighted by molar-refractivity contribution is 7.89. The maximum Gasteiger partial charge on any atom is 0.243 e. The molecule has 2 saturated heterocycles. The number of sulfonamides is 1. The van der Waals surface area contributed by atoms with Crippen molar-refractivity contribution in [3.8, 4) is 0 Å². The lowest BCUT2D eigenvalue weighted by molar-refractivity contribution is -0.0486. The smallest absolute Gasteiger partial charge is 0.243 e. The van der Waals surface area contributed by atoms with Gasteiger partial charge in [-0.15, -0.1) is 0 Å². The van der Waals surface area contributed by atoms with Gasteiger partial charge in [-0.3, -0.25) is 9.80 Å². The summed E-state index contributed by atoms with van der Waals surface area (Å²) in [5, 5.41) is 2.01. The number of fused-ring (bicyclic) bond motifs is 1. The Morgan fingerprint density at radius 1 is 0.967 bits per heavy atom. The van der Waals surface area contributed by atoms with Gasteiger partial charge in [-0.1, -0.05) is 44.2 Å². The molecule has 0 radical (unpaired) electrons. The molecule has 2 heterocycles. The Morgan fingerprint density at radius 3 is 2.43 bits per heavy atom. The summed E-state index contributed by atoms with van der Waals surface area (Å²) < 4.78 is 33.9. The highest BCUT2D eigenvalue weighted by Gasteiger charge is 2.30. The highest BCUT2D eigenvalue weighted by atomic mass is 32.2. The summed E-state index contributed by atoms with van der Waals surface area (Å²) in [5.41, 5.74) is 0. The molecule has 4 rings (SSSR count). The van der Waals surface area contributed by atoms with Gasteiger partial charge in [0.05, 0.1) is 17.6 Å². The molecule has 0 bridgehead atoms. The highest BCUT2D eigenvalue weighted by Crippen LogP contribution is 2.23. The molecular formula is C23H33N3O3S. The molecule has 2 aromatic rings. The van der Waals surface area contributed by atoms with Crippen LogP contribution in [0.2, 0.25) is 0 Å². The van der Waals surface area contributed by atoms with Crippen molar-refractivity contribution < 1.29 is 13.2 Å². The Hall–Kier alpha value is -1.51. The molecule has 0 unspecified atom stereocenters. The second-order valence-corrected chi connectivity index (χ2v) is 10.8. The van der Waals surface area contributed by atoms with E-state index in [1.54, 1.807) is 16.4 Å². The monoisotopic (exact) mass is 431 g/mol. The maximum absolute atomic E-state index is 13.1. The van der Waals surface area contributed by atoms with Crippen molar-refractivity contribution in [3.63, 3.8) is 0 Å². The largest absolute Gasteiger partial charge is 0.374 e. The van der Waals surface area contributed by atoms with Crippen LogP contribution in [0.25, 0.3) is 10.8 Å². The van der Waals surface area contributed by atoms with E-state index >= 15 is 0 Å². The van der Waals surface area contributed by atoms with E-state index in [-0.39, 0.29) is 6.10 Å². The third-order valence-corrected chi connectivity index (χ3v) is 7.89. The molecule has 0 aliphatic carbocycles. The van der Waals surface area contributed by atoms with Crippen LogP contribution in [-0.4, -0.2) is 87.6 Å². The van der Waals surface area contributed by atoms with Crippen LogP contribution in [0.5, 0.6) is 0 Å². The Morgan fingerprint density at radius 2 is 1.70 bits per heavy atom. The zero-order chi connectivity index (χ0) is 21.1. The summed E-state index contributed by atoms with van der Waals surface area (Å²) in [6.45, 7) is 11.8. The molecule has 164 valence electrons. The Bertz CT molecular complexity index is 955. The Labute approximate surface area is 180 Å². The van der Waals surface area contributed by atoms with Crippen LogP contribution in [0.4, 0.5) is 0 Å². The average Bonchev–Trinajstić information content (AvgIpc) is 2.73. The van der Waals surface area contributed by atoms with Crippen molar-refractivity contribution in [2.24, 2.45) is 5.92 Å². The average molecular weight is 432 g/mol. The van der Waals surface area contributed by atoms with E-state index in [0.717, 1.165) is 56.6 Å². The van der Waals surface area contributed by atoms with Crippen molar-refractivity contribution >= 4 is 20.8 Å². The van der Waals surface area contributed by atoms with Crippen LogP contribution in [0.1, 0.15) is 13.8 Å². The minimum absolute atomic E-state index is 0.209. The molecule has 0 spiro atoms. The van der Waals surface area contributed by atoms with Crippen molar-refractivity contribution in [2.75, 3.05) is 59.0 Å². The topological polar surface area (TPSA) is 53.1 Å². The molecule has 2 fully saturated rings. The molecule has 2 aliphatic rings. The Balaban J connectivity index is 1.34. The lowest BCUT2D eigenvalue weighted by Gasteiger charge is -2.39. The van der Waals surface area contributed by atoms with E-state index in [9.17, 15) is 8.42 Å². The van der Waals surface area contributed by atoms with Gasteiger partial charge in [0, 0.05) is 52.4 Å². The van der Waals surface area contributed by atoms with Gasteiger partial charge in [0.1, 0.15) is 0 Å². The maximum atomic E-state index is 13.1. The number of ether oxygens (including phenoxy) is 1. The van der Waals surface area contributed by atoms with Crippen LogP contribution in [0.3, 0.4) is 0 Å². The number of rotatable bonds is 6. The molecule has 2 aromatic carbocycles. The van der Waals surface area contributed by atoms with Crippen molar-refractivity contribution in [2.45, 2.75) is 24.8 Å². The molecular weight excluding hydrogens is 398 g/mol. The van der Waals surface area contributed by atoms with Crippen LogP contribution >= 0.6 is 0 Å². The molecule has 2 aliphatic heterocycles. The first kappa shape index (κ1) is 21.7. The standard InChI is InChI=1S/C23H33N3O3S/c1-19(2)16-25-13-14-29-22(18-25)17-24-9-11-26(12-10-24)30(27,28)23-8-7-20-5-3-4-6-21(20)15-23/h3-8,15,19,22H,9-14,16-18H2,1-2H3/t22-/m0/s1. The van der Waals surface area contributed by atoms with E-state index in [0.29, 0.717) is 23.9 Å². The normalized spacial score (nSPS) is 22.7. The summed E-state index contributed by atoms with van der Waals surface area (Å²) in [6, 6.07) is 13.3. The lowest BCUT2D eigenvalue weighted by Crippen LogP contribution is -2.53. The summed E-state index contributed by atoms with van der Waals surface area (Å²) in [5.74, 6) is 0.660. The lowest BCUT2D eigenvalue weighted by atomic mass is 10.1. The van der Waals surface area contributed by atoms with E-state index in [1.165, 1.54) is 0 Å². The molecule has 0 amide bonds. The minimum atomic E-state index is -3.47. The second-order valence-electron chi connectivity index (χ2n) is 8.86. The fraction of sp³-hybridized carbons (Fsp3) is 0.565. The third-order valence-electron chi connectivity index (χ3n) is 6.00. The first-order valence-corrected chi connectivity index (χ1v) is 12.4. The number of morpholine rings is 1. The van der Waals surface area contributed by atoms with E-state index < -0.39 is 10.0 Å². The van der Waals surface area contributed by atoms with Gasteiger partial charge in [-0.25, -0.2) is 8.42 Å². The van der Waals surface area contributed by atoms with Crippen LogP contribution in [0.15, 0.2) is 47.4 Å². The van der Waals surface area contributed by atoms with Gasteiger partial charge >= 0.3 is 0 Å². The van der Waals surface area contributed by atoms with Crippen LogP contribution in [0, 0.1) is 5.92 Å². The van der Waals surface area contributed by atoms with E-state index in [1.807, 2.05) is 30.3 Å². The fourth-order valence-electron chi connectivity index (χ4n) is 4.49. The van der Waals surface area contributed by atoms with Gasteiger partial charge in [-0.05, 0) is 28.8 Å². The van der Waals surface area contributed by atoms with Gasteiger partial charge < -0.3 is 4.74 Å². The predicted octanol–water partition coefficient (Wildman–Crippen LogP) is 2.50. The quantitative estimate of drug-likeness (QED) is 0.704. The zero-order valence-electron chi connectivity index (χ0n) is 18.0. The molecule has 6 nitrogen and oxygen atoms in total. The summed E-state index contributed by atoms with van der Waals surface area (Å²) in [6.07, 6.45) is 0.209. The molecule has 0 aromatic heterocycles. The SMILES string of the molecule is CC(C)CN1CCO[C@@H](CN2CCN(S(=O)(=O)c3ccc4ccccc4c3)CC2)C1.